The summed E-state index contributed by atoms with van der Waals surface area (Å²) in [5.74, 6) is 0.290. The second kappa shape index (κ2) is 4.35. The molecule has 5 atom stereocenters. The lowest BCUT2D eigenvalue weighted by molar-refractivity contribution is -0.201. The van der Waals surface area contributed by atoms with E-state index in [-0.39, 0.29) is 17.7 Å². The molecule has 1 amide bonds. The van der Waals surface area contributed by atoms with Crippen LogP contribution >= 0.6 is 0 Å². The summed E-state index contributed by atoms with van der Waals surface area (Å²) in [5.41, 5.74) is -1.50. The number of aliphatic hydroxyl groups excluding tert-OH is 1. The molecule has 2 saturated heterocycles. The molecule has 0 aromatic rings. The molecule has 4 heteroatoms. The maximum absolute atomic E-state index is 12.2. The SMILES string of the molecule is C=C1O[C@@]2(C)[C@@H](CC)C(=O)N[C@@]12[C@@H](O)[C@@H]1C=CCCC1. The molecule has 1 aliphatic carbocycles. The van der Waals surface area contributed by atoms with Crippen molar-refractivity contribution >= 4 is 5.91 Å². The van der Waals surface area contributed by atoms with Crippen molar-refractivity contribution < 1.29 is 14.6 Å². The average molecular weight is 277 g/mol. The minimum Gasteiger partial charge on any atom is -0.486 e. The number of carbonyl (C=O) groups excluding carboxylic acids is 1. The standard InChI is InChI=1S/C16H23NO3/c1-4-12-14(19)17-16(10(2)20-15(12,16)3)13(18)11-8-6-5-7-9-11/h6,8,11-13,18H,2,4-5,7,9H2,1,3H3,(H,17,19)/t11-,12+,13+,15+,16-/m1/s1. The van der Waals surface area contributed by atoms with Crippen LogP contribution in [-0.2, 0) is 9.53 Å². The number of allylic oxidation sites excluding steroid dienone is 1. The molecule has 0 saturated carbocycles. The van der Waals surface area contributed by atoms with Gasteiger partial charge in [-0.1, -0.05) is 25.7 Å². The van der Waals surface area contributed by atoms with Crippen LogP contribution in [0, 0.1) is 11.8 Å². The van der Waals surface area contributed by atoms with E-state index >= 15 is 0 Å². The first kappa shape index (κ1) is 13.7. The minimum absolute atomic E-state index is 0.0347. The highest BCUT2D eigenvalue weighted by atomic mass is 16.5. The molecule has 2 aliphatic heterocycles. The van der Waals surface area contributed by atoms with Crippen molar-refractivity contribution in [3.63, 3.8) is 0 Å². The van der Waals surface area contributed by atoms with Crippen LogP contribution in [0.3, 0.4) is 0 Å². The molecule has 0 bridgehead atoms. The molecule has 3 rings (SSSR count). The van der Waals surface area contributed by atoms with Crippen molar-refractivity contribution in [3.8, 4) is 0 Å². The summed E-state index contributed by atoms with van der Waals surface area (Å²) in [4.78, 5) is 12.2. The first-order chi connectivity index (χ1) is 9.47. The third-order valence-corrected chi connectivity index (χ3v) is 5.41. The van der Waals surface area contributed by atoms with Gasteiger partial charge >= 0.3 is 0 Å². The minimum atomic E-state index is -0.822. The van der Waals surface area contributed by atoms with Crippen LogP contribution in [0.25, 0.3) is 0 Å². The van der Waals surface area contributed by atoms with Gasteiger partial charge in [0.25, 0.3) is 0 Å². The van der Waals surface area contributed by atoms with Crippen molar-refractivity contribution in [2.45, 2.75) is 56.8 Å². The Bertz CT molecular complexity index is 486. The molecule has 3 aliphatic rings. The molecule has 0 aromatic carbocycles. The zero-order valence-electron chi connectivity index (χ0n) is 12.2. The summed E-state index contributed by atoms with van der Waals surface area (Å²) in [6, 6.07) is 0. The van der Waals surface area contributed by atoms with Crippen LogP contribution in [0.15, 0.2) is 24.5 Å². The van der Waals surface area contributed by atoms with Gasteiger partial charge in [0.15, 0.2) is 11.1 Å². The third kappa shape index (κ3) is 1.43. The Morgan fingerprint density at radius 3 is 2.95 bits per heavy atom. The molecule has 0 aromatic heterocycles. The monoisotopic (exact) mass is 277 g/mol. The number of carbonyl (C=O) groups is 1. The Hall–Kier alpha value is -1.29. The van der Waals surface area contributed by atoms with Gasteiger partial charge in [-0.3, -0.25) is 4.79 Å². The fourth-order valence-electron chi connectivity index (χ4n) is 4.25. The molecule has 0 unspecified atom stereocenters. The lowest BCUT2D eigenvalue weighted by Crippen LogP contribution is -2.75. The van der Waals surface area contributed by atoms with E-state index in [1.165, 1.54) is 0 Å². The lowest BCUT2D eigenvalue weighted by Gasteiger charge is -2.58. The second-order valence-electron chi connectivity index (χ2n) is 6.36. The van der Waals surface area contributed by atoms with Crippen LogP contribution in [-0.4, -0.2) is 28.3 Å². The molecule has 2 N–H and O–H groups in total. The van der Waals surface area contributed by atoms with E-state index < -0.39 is 17.2 Å². The quantitative estimate of drug-likeness (QED) is 0.775. The zero-order chi connectivity index (χ0) is 14.5. The Kier molecular flexibility index (Phi) is 2.98. The van der Waals surface area contributed by atoms with Gasteiger partial charge < -0.3 is 15.2 Å². The first-order valence-corrected chi connectivity index (χ1v) is 7.52. The lowest BCUT2D eigenvalue weighted by atomic mass is 9.63. The number of nitrogens with one attached hydrogen (secondary N) is 1. The van der Waals surface area contributed by atoms with Gasteiger partial charge in [0.2, 0.25) is 5.91 Å². The van der Waals surface area contributed by atoms with Gasteiger partial charge in [-0.25, -0.2) is 0 Å². The molecular formula is C16H23NO3. The van der Waals surface area contributed by atoms with Gasteiger partial charge in [0.05, 0.1) is 12.0 Å². The summed E-state index contributed by atoms with van der Waals surface area (Å²) < 4.78 is 5.78. The van der Waals surface area contributed by atoms with Gasteiger partial charge in [-0.05, 0) is 32.6 Å². The van der Waals surface area contributed by atoms with Crippen LogP contribution in [0.5, 0.6) is 0 Å². The molecule has 4 nitrogen and oxygen atoms in total. The number of rotatable bonds is 3. The number of amides is 1. The van der Waals surface area contributed by atoms with Gasteiger partial charge in [0, 0.05) is 5.92 Å². The fourth-order valence-corrected chi connectivity index (χ4v) is 4.25. The number of hydrogen-bond acceptors (Lipinski definition) is 3. The van der Waals surface area contributed by atoms with E-state index in [0.29, 0.717) is 12.2 Å². The van der Waals surface area contributed by atoms with Crippen molar-refractivity contribution in [3.05, 3.63) is 24.5 Å². The molecular weight excluding hydrogens is 254 g/mol. The van der Waals surface area contributed by atoms with Crippen LogP contribution in [0.1, 0.15) is 39.5 Å². The number of fused-ring (bicyclic) bond motifs is 1. The van der Waals surface area contributed by atoms with Gasteiger partial charge in [0.1, 0.15) is 5.76 Å². The summed E-state index contributed by atoms with van der Waals surface area (Å²) in [5, 5.41) is 13.9. The van der Waals surface area contributed by atoms with E-state index in [4.69, 9.17) is 4.74 Å². The predicted octanol–water partition coefficient (Wildman–Crippen LogP) is 1.90. The smallest absolute Gasteiger partial charge is 0.228 e. The molecule has 0 spiro atoms. The first-order valence-electron chi connectivity index (χ1n) is 7.52. The predicted molar refractivity (Wildman–Crippen MR) is 75.8 cm³/mol. The maximum Gasteiger partial charge on any atom is 0.228 e. The normalized spacial score (nSPS) is 44.4. The van der Waals surface area contributed by atoms with Crippen LogP contribution in [0.2, 0.25) is 0 Å². The molecule has 20 heavy (non-hydrogen) atoms. The molecule has 110 valence electrons. The van der Waals surface area contributed by atoms with E-state index in [0.717, 1.165) is 19.3 Å². The van der Waals surface area contributed by atoms with Crippen LogP contribution < -0.4 is 5.32 Å². The van der Waals surface area contributed by atoms with Crippen molar-refractivity contribution in [1.29, 1.82) is 0 Å². The second-order valence-corrected chi connectivity index (χ2v) is 6.36. The maximum atomic E-state index is 12.2. The number of hydrogen-bond donors (Lipinski definition) is 2. The molecule has 2 fully saturated rings. The Morgan fingerprint density at radius 2 is 2.40 bits per heavy atom. The number of ether oxygens (including phenoxy) is 1. The van der Waals surface area contributed by atoms with E-state index in [2.05, 4.69) is 24.0 Å². The van der Waals surface area contributed by atoms with Crippen LogP contribution in [0.4, 0.5) is 0 Å². The van der Waals surface area contributed by atoms with Gasteiger partial charge in [-0.15, -0.1) is 0 Å². The zero-order valence-corrected chi connectivity index (χ0v) is 12.2. The van der Waals surface area contributed by atoms with Crippen molar-refractivity contribution in [2.24, 2.45) is 11.8 Å². The van der Waals surface area contributed by atoms with Crippen molar-refractivity contribution in [2.75, 3.05) is 0 Å². The summed E-state index contributed by atoms with van der Waals surface area (Å²) in [6.45, 7) is 7.81. The Morgan fingerprint density at radius 1 is 1.65 bits per heavy atom. The van der Waals surface area contributed by atoms with E-state index in [1.54, 1.807) is 0 Å². The van der Waals surface area contributed by atoms with Crippen molar-refractivity contribution in [1.82, 2.24) is 5.32 Å². The highest BCUT2D eigenvalue weighted by Crippen LogP contribution is 2.57. The summed E-state index contributed by atoms with van der Waals surface area (Å²) >= 11 is 0. The third-order valence-electron chi connectivity index (χ3n) is 5.41. The Balaban J connectivity index is 1.97. The van der Waals surface area contributed by atoms with E-state index in [9.17, 15) is 9.90 Å². The van der Waals surface area contributed by atoms with Gasteiger partial charge in [-0.2, -0.15) is 0 Å². The average Bonchev–Trinajstić information content (AvgIpc) is 2.62. The largest absolute Gasteiger partial charge is 0.486 e. The highest BCUT2D eigenvalue weighted by Gasteiger charge is 2.75. The molecule has 2 heterocycles. The topological polar surface area (TPSA) is 58.6 Å². The van der Waals surface area contributed by atoms with E-state index in [1.807, 2.05) is 13.8 Å². The fraction of sp³-hybridized carbons (Fsp3) is 0.688. The highest BCUT2D eigenvalue weighted by molar-refractivity contribution is 5.87. The Labute approximate surface area is 119 Å². The number of aliphatic hydroxyl groups is 1. The summed E-state index contributed by atoms with van der Waals surface area (Å²) in [7, 11) is 0. The summed E-state index contributed by atoms with van der Waals surface area (Å²) in [6.07, 6.45) is 7.28. The molecule has 0 radical (unpaired) electrons.